The minimum atomic E-state index is -0.349. The monoisotopic (exact) mass is 366 g/mol. The standard InChI is InChI=1S/C10H19IN6O/c1-10(2,3)18-17-16-9-4(11)5(12)6(13)7(14)8(9)15/h16-17H,12-15H2,1-3H3. The van der Waals surface area contributed by atoms with Crippen LogP contribution >= 0.6 is 22.6 Å². The first-order valence-electron chi connectivity index (χ1n) is 5.25. The molecule has 0 radical (unpaired) electrons. The van der Waals surface area contributed by atoms with Crippen molar-refractivity contribution in [2.24, 2.45) is 0 Å². The van der Waals surface area contributed by atoms with Crippen molar-refractivity contribution in [1.29, 1.82) is 0 Å². The number of hydrazine groups is 1. The third-order valence-corrected chi connectivity index (χ3v) is 3.25. The molecule has 0 spiro atoms. The van der Waals surface area contributed by atoms with Gasteiger partial charge < -0.3 is 22.9 Å². The Labute approximate surface area is 120 Å². The topological polar surface area (TPSA) is 137 Å². The lowest BCUT2D eigenvalue weighted by atomic mass is 10.2. The predicted molar refractivity (Wildman–Crippen MR) is 84.4 cm³/mol. The van der Waals surface area contributed by atoms with Crippen LogP contribution in [-0.4, -0.2) is 5.60 Å². The van der Waals surface area contributed by atoms with Crippen molar-refractivity contribution in [3.63, 3.8) is 0 Å². The zero-order chi connectivity index (χ0) is 14.1. The number of rotatable bonds is 3. The molecule has 102 valence electrons. The van der Waals surface area contributed by atoms with E-state index in [1.165, 1.54) is 0 Å². The Morgan fingerprint density at radius 2 is 1.44 bits per heavy atom. The van der Waals surface area contributed by atoms with Gasteiger partial charge in [-0.05, 0) is 43.4 Å². The smallest absolute Gasteiger partial charge is 0.0916 e. The van der Waals surface area contributed by atoms with Crippen molar-refractivity contribution >= 4 is 51.0 Å². The third-order valence-electron chi connectivity index (χ3n) is 2.13. The maximum absolute atomic E-state index is 5.88. The SMILES string of the molecule is CC(C)(C)ONNc1c(N)c(N)c(N)c(N)c1I. The molecule has 0 saturated heterocycles. The Morgan fingerprint density at radius 1 is 0.944 bits per heavy atom. The van der Waals surface area contributed by atoms with E-state index in [4.69, 9.17) is 27.8 Å². The summed E-state index contributed by atoms with van der Waals surface area (Å²) in [6.45, 7) is 5.71. The van der Waals surface area contributed by atoms with Gasteiger partial charge in [0.25, 0.3) is 0 Å². The van der Waals surface area contributed by atoms with E-state index in [2.05, 4.69) is 11.0 Å². The van der Waals surface area contributed by atoms with E-state index in [0.717, 1.165) is 0 Å². The van der Waals surface area contributed by atoms with Crippen LogP contribution < -0.4 is 33.9 Å². The van der Waals surface area contributed by atoms with Crippen LogP contribution in [0.25, 0.3) is 0 Å². The molecule has 1 rings (SSSR count). The summed E-state index contributed by atoms with van der Waals surface area (Å²) in [6.07, 6.45) is 0. The quantitative estimate of drug-likeness (QED) is 0.269. The summed E-state index contributed by atoms with van der Waals surface area (Å²) in [5, 5.41) is 0. The molecule has 1 aromatic carbocycles. The van der Waals surface area contributed by atoms with Gasteiger partial charge in [-0.1, -0.05) is 0 Å². The van der Waals surface area contributed by atoms with Crippen molar-refractivity contribution in [3.8, 4) is 0 Å². The van der Waals surface area contributed by atoms with Crippen molar-refractivity contribution in [2.75, 3.05) is 28.4 Å². The fourth-order valence-electron chi connectivity index (χ4n) is 1.15. The Bertz CT molecular complexity index is 428. The zero-order valence-corrected chi connectivity index (χ0v) is 12.8. The minimum Gasteiger partial charge on any atom is -0.396 e. The van der Waals surface area contributed by atoms with Crippen LogP contribution in [0.2, 0.25) is 0 Å². The number of nitrogens with two attached hydrogens (primary N) is 4. The highest BCUT2D eigenvalue weighted by molar-refractivity contribution is 14.1. The molecule has 7 nitrogen and oxygen atoms in total. The highest BCUT2D eigenvalue weighted by Gasteiger charge is 2.17. The van der Waals surface area contributed by atoms with Crippen molar-refractivity contribution in [1.82, 2.24) is 5.59 Å². The molecule has 0 aliphatic heterocycles. The summed E-state index contributed by atoms with van der Waals surface area (Å²) < 4.78 is 0.682. The van der Waals surface area contributed by atoms with Crippen LogP contribution in [0.1, 0.15) is 20.8 Å². The molecule has 0 aliphatic rings. The molecule has 18 heavy (non-hydrogen) atoms. The summed E-state index contributed by atoms with van der Waals surface area (Å²) in [5.74, 6) is 0. The molecule has 0 aromatic heterocycles. The summed E-state index contributed by atoms with van der Waals surface area (Å²) in [7, 11) is 0. The summed E-state index contributed by atoms with van der Waals surface area (Å²) in [4.78, 5) is 5.32. The molecule has 0 amide bonds. The van der Waals surface area contributed by atoms with Gasteiger partial charge in [-0.2, -0.15) is 0 Å². The molecule has 1 aromatic rings. The van der Waals surface area contributed by atoms with E-state index in [0.29, 0.717) is 26.3 Å². The number of benzene rings is 1. The summed E-state index contributed by atoms with van der Waals surface area (Å²) in [5.41, 5.74) is 30.1. The van der Waals surface area contributed by atoms with E-state index >= 15 is 0 Å². The van der Waals surface area contributed by atoms with Crippen LogP contribution in [0.3, 0.4) is 0 Å². The molecule has 10 N–H and O–H groups in total. The molecule has 0 unspecified atom stereocenters. The Balaban J connectivity index is 2.96. The van der Waals surface area contributed by atoms with E-state index in [1.807, 2.05) is 43.4 Å². The molecule has 0 atom stereocenters. The molecular formula is C10H19IN6O. The molecule has 0 bridgehead atoms. The van der Waals surface area contributed by atoms with Gasteiger partial charge in [0.05, 0.1) is 37.6 Å². The van der Waals surface area contributed by atoms with Gasteiger partial charge in [-0.25, -0.2) is 0 Å². The number of halogens is 1. The second-order valence-electron chi connectivity index (χ2n) is 4.79. The first kappa shape index (κ1) is 14.9. The number of nitrogen functional groups attached to an aromatic ring is 4. The highest BCUT2D eigenvalue weighted by Crippen LogP contribution is 2.40. The van der Waals surface area contributed by atoms with Crippen molar-refractivity contribution in [2.45, 2.75) is 26.4 Å². The van der Waals surface area contributed by atoms with Crippen LogP contribution in [0, 0.1) is 3.57 Å². The lowest BCUT2D eigenvalue weighted by Gasteiger charge is -2.22. The molecule has 0 saturated carbocycles. The van der Waals surface area contributed by atoms with Gasteiger partial charge >= 0.3 is 0 Å². The van der Waals surface area contributed by atoms with Gasteiger partial charge in [0.15, 0.2) is 0 Å². The van der Waals surface area contributed by atoms with Crippen LogP contribution in [-0.2, 0) is 4.84 Å². The number of nitrogens with one attached hydrogen (secondary N) is 2. The van der Waals surface area contributed by atoms with Gasteiger partial charge in [0, 0.05) is 0 Å². The van der Waals surface area contributed by atoms with Crippen LogP contribution in [0.5, 0.6) is 0 Å². The van der Waals surface area contributed by atoms with E-state index in [1.54, 1.807) is 0 Å². The Kier molecular flexibility index (Phi) is 4.35. The molecule has 0 fully saturated rings. The molecule has 8 heteroatoms. The second-order valence-corrected chi connectivity index (χ2v) is 5.86. The average molecular weight is 366 g/mol. The normalized spacial score (nSPS) is 11.6. The highest BCUT2D eigenvalue weighted by atomic mass is 127. The molecule has 0 heterocycles. The lowest BCUT2D eigenvalue weighted by Crippen LogP contribution is -2.33. The zero-order valence-electron chi connectivity index (χ0n) is 10.6. The lowest BCUT2D eigenvalue weighted by molar-refractivity contribution is -0.0618. The van der Waals surface area contributed by atoms with E-state index < -0.39 is 0 Å². The average Bonchev–Trinajstić information content (AvgIpc) is 2.27. The third kappa shape index (κ3) is 3.21. The maximum Gasteiger partial charge on any atom is 0.0916 e. The second kappa shape index (κ2) is 5.24. The van der Waals surface area contributed by atoms with Gasteiger partial charge in [0.2, 0.25) is 0 Å². The van der Waals surface area contributed by atoms with Gasteiger partial charge in [-0.15, -0.1) is 5.59 Å². The molecular weight excluding hydrogens is 347 g/mol. The van der Waals surface area contributed by atoms with Gasteiger partial charge in [0.1, 0.15) is 0 Å². The van der Waals surface area contributed by atoms with E-state index in [-0.39, 0.29) is 11.3 Å². The van der Waals surface area contributed by atoms with Gasteiger partial charge in [-0.3, -0.25) is 10.3 Å². The Morgan fingerprint density at radius 3 is 1.94 bits per heavy atom. The predicted octanol–water partition coefficient (Wildman–Crippen LogP) is 1.27. The van der Waals surface area contributed by atoms with Crippen molar-refractivity contribution < 1.29 is 4.84 Å². The minimum absolute atomic E-state index is 0.257. The van der Waals surface area contributed by atoms with Crippen LogP contribution in [0.4, 0.5) is 28.4 Å². The summed E-state index contributed by atoms with van der Waals surface area (Å²) in [6, 6.07) is 0. The maximum atomic E-state index is 5.88. The fraction of sp³-hybridized carbons (Fsp3) is 0.400. The number of hydrogen-bond acceptors (Lipinski definition) is 7. The van der Waals surface area contributed by atoms with Crippen LogP contribution in [0.15, 0.2) is 0 Å². The first-order chi connectivity index (χ1) is 8.15. The largest absolute Gasteiger partial charge is 0.396 e. The number of hydrogen-bond donors (Lipinski definition) is 6. The summed E-state index contributed by atoms with van der Waals surface area (Å²) >= 11 is 2.03. The fourth-order valence-corrected chi connectivity index (χ4v) is 1.86. The first-order valence-corrected chi connectivity index (χ1v) is 6.33. The molecule has 0 aliphatic carbocycles. The van der Waals surface area contributed by atoms with Crippen molar-refractivity contribution in [3.05, 3.63) is 3.57 Å². The number of anilines is 5. The van der Waals surface area contributed by atoms with E-state index in [9.17, 15) is 0 Å². The Hall–Kier alpha value is -1.13.